The summed E-state index contributed by atoms with van der Waals surface area (Å²) in [6.07, 6.45) is 0. The summed E-state index contributed by atoms with van der Waals surface area (Å²) in [6, 6.07) is 0. The van der Waals surface area contributed by atoms with E-state index in [1.54, 1.807) is 0 Å². The maximum atomic E-state index is 12.3. The highest BCUT2D eigenvalue weighted by atomic mass is 35.5. The predicted molar refractivity (Wildman–Crippen MR) is 38.3 cm³/mol. The van der Waals surface area contributed by atoms with Crippen LogP contribution in [0.5, 0.6) is 0 Å². The minimum absolute atomic E-state index is 3.70. The van der Waals surface area contributed by atoms with Gasteiger partial charge in [0.15, 0.2) is 0 Å². The lowest BCUT2D eigenvalue weighted by molar-refractivity contribution is -0.228. The van der Waals surface area contributed by atoms with Crippen LogP contribution in [0.4, 0.5) is 8.78 Å². The summed E-state index contributed by atoms with van der Waals surface area (Å²) in [7, 11) is 0. The Bertz CT molecular complexity index is 132. The van der Waals surface area contributed by atoms with Crippen molar-refractivity contribution < 1.29 is 19.0 Å². The zero-order valence-electron chi connectivity index (χ0n) is 4.66. The first kappa shape index (κ1) is 11.9. The van der Waals surface area contributed by atoms with Crippen molar-refractivity contribution in [3.63, 3.8) is 0 Å². The minimum atomic E-state index is -3.90. The van der Waals surface area contributed by atoms with Gasteiger partial charge in [0.25, 0.3) is 5.79 Å². The van der Waals surface area contributed by atoms with Gasteiger partial charge in [0.2, 0.25) is 0 Å². The lowest BCUT2D eigenvalue weighted by Gasteiger charge is -2.31. The van der Waals surface area contributed by atoms with E-state index in [0.717, 1.165) is 0 Å². The van der Waals surface area contributed by atoms with E-state index in [9.17, 15) is 8.78 Å². The van der Waals surface area contributed by atoms with Gasteiger partial charge in [-0.3, -0.25) is 0 Å². The van der Waals surface area contributed by atoms with Gasteiger partial charge in [-0.05, 0) is 0 Å². The summed E-state index contributed by atoms with van der Waals surface area (Å²) >= 11 is 18.0. The maximum Gasteiger partial charge on any atom is 0.317 e. The van der Waals surface area contributed by atoms with Gasteiger partial charge in [0.05, 0.1) is 0 Å². The topological polar surface area (TPSA) is 40.5 Å². The van der Waals surface area contributed by atoms with Crippen LogP contribution < -0.4 is 0 Å². The molecule has 0 rings (SSSR count). The highest BCUT2D eigenvalue weighted by molar-refractivity contribution is 6.52. The zero-order chi connectivity index (χ0) is 9.50. The zero-order valence-corrected chi connectivity index (χ0v) is 7.69. The van der Waals surface area contributed by atoms with Gasteiger partial charge in [-0.2, -0.15) is 0 Å². The molecule has 0 unspecified atom stereocenters. The molecule has 2 N–H and O–H groups in total. The van der Waals surface area contributed by atoms with Crippen LogP contribution >= 0.6 is 46.4 Å². The van der Waals surface area contributed by atoms with Gasteiger partial charge >= 0.3 is 9.17 Å². The van der Waals surface area contributed by atoms with Gasteiger partial charge in [-0.15, -0.1) is 0 Å². The monoisotopic (exact) mass is 248 g/mol. The smallest absolute Gasteiger partial charge is 0.317 e. The van der Waals surface area contributed by atoms with Crippen LogP contribution in [0.2, 0.25) is 0 Å². The van der Waals surface area contributed by atoms with Crippen LogP contribution in [0.3, 0.4) is 0 Å². The van der Waals surface area contributed by atoms with Crippen LogP contribution in [-0.2, 0) is 0 Å². The first-order valence-corrected chi connectivity index (χ1v) is 3.59. The van der Waals surface area contributed by atoms with E-state index in [1.165, 1.54) is 0 Å². The molecule has 0 saturated heterocycles. The quantitative estimate of drug-likeness (QED) is 0.580. The molecular formula is C3H2Cl4F2O2. The third-order valence-corrected chi connectivity index (χ3v) is 1.84. The highest BCUT2D eigenvalue weighted by Crippen LogP contribution is 2.46. The lowest BCUT2D eigenvalue weighted by atomic mass is 10.3. The van der Waals surface area contributed by atoms with Crippen molar-refractivity contribution in [1.82, 2.24) is 0 Å². The van der Waals surface area contributed by atoms with Crippen LogP contribution in [0.1, 0.15) is 0 Å². The Morgan fingerprint density at radius 2 is 1.00 bits per heavy atom. The van der Waals surface area contributed by atoms with E-state index in [0.29, 0.717) is 0 Å². The van der Waals surface area contributed by atoms with Crippen molar-refractivity contribution in [2.75, 3.05) is 0 Å². The molecule has 0 fully saturated rings. The van der Waals surface area contributed by atoms with Crippen molar-refractivity contribution in [2.24, 2.45) is 0 Å². The molecule has 0 saturated carbocycles. The SMILES string of the molecule is OC(O)(C(F)(Cl)Cl)C(F)(Cl)Cl. The Hall–Kier alpha value is 0.940. The first-order chi connectivity index (χ1) is 4.50. The van der Waals surface area contributed by atoms with Crippen LogP contribution in [0, 0.1) is 0 Å². The summed E-state index contributed by atoms with van der Waals surface area (Å²) < 4.78 is 17.2. The Labute approximate surface area is 80.6 Å². The van der Waals surface area contributed by atoms with E-state index < -0.39 is 15.0 Å². The summed E-state index contributed by atoms with van der Waals surface area (Å²) in [6.45, 7) is 0. The fraction of sp³-hybridized carbons (Fsp3) is 1.00. The number of hydrogen-bond donors (Lipinski definition) is 2. The van der Waals surface area contributed by atoms with E-state index in [2.05, 4.69) is 46.4 Å². The molecule has 8 heteroatoms. The van der Waals surface area contributed by atoms with Gasteiger partial charge in [0, 0.05) is 0 Å². The van der Waals surface area contributed by atoms with Crippen molar-refractivity contribution in [3.8, 4) is 0 Å². The fourth-order valence-electron chi connectivity index (χ4n) is 0.161. The Kier molecular flexibility index (Phi) is 3.27. The molecule has 0 aliphatic heterocycles. The molecule has 0 aromatic carbocycles. The Balaban J connectivity index is 4.75. The van der Waals surface area contributed by atoms with Crippen molar-refractivity contribution in [3.05, 3.63) is 0 Å². The number of rotatable bonds is 2. The normalized spacial score (nSPS) is 15.3. The molecule has 68 valence electrons. The Morgan fingerprint density at radius 3 is 1.00 bits per heavy atom. The van der Waals surface area contributed by atoms with Crippen molar-refractivity contribution in [1.29, 1.82) is 0 Å². The van der Waals surface area contributed by atoms with Gasteiger partial charge in [-0.25, -0.2) is 8.78 Å². The predicted octanol–water partition coefficient (Wildman–Crippen LogP) is 1.87. The molecule has 0 aromatic heterocycles. The molecule has 2 nitrogen and oxygen atoms in total. The molecule has 0 radical (unpaired) electrons. The molecule has 0 spiro atoms. The first-order valence-electron chi connectivity index (χ1n) is 2.08. The molecule has 0 atom stereocenters. The van der Waals surface area contributed by atoms with Gasteiger partial charge in [-0.1, -0.05) is 46.4 Å². The molecule has 0 aliphatic rings. The standard InChI is InChI=1S/C3H2Cl4F2O2/c4-2(5,8)1(10,11)3(6,7)9/h10-11H. The maximum absolute atomic E-state index is 12.3. The fourth-order valence-corrected chi connectivity index (χ4v) is 0.875. The van der Waals surface area contributed by atoms with Crippen LogP contribution in [-0.4, -0.2) is 25.2 Å². The number of aliphatic hydroxyl groups is 2. The number of halogens is 6. The largest absolute Gasteiger partial charge is 0.357 e. The second-order valence-electron chi connectivity index (χ2n) is 1.67. The van der Waals surface area contributed by atoms with Crippen molar-refractivity contribution >= 4 is 46.4 Å². The van der Waals surface area contributed by atoms with E-state index in [4.69, 9.17) is 10.2 Å². The van der Waals surface area contributed by atoms with Gasteiger partial charge in [0.1, 0.15) is 0 Å². The lowest BCUT2D eigenvalue weighted by Crippen LogP contribution is -2.54. The number of hydrogen-bond acceptors (Lipinski definition) is 2. The van der Waals surface area contributed by atoms with Crippen LogP contribution in [0.15, 0.2) is 0 Å². The Morgan fingerprint density at radius 1 is 0.818 bits per heavy atom. The minimum Gasteiger partial charge on any atom is -0.357 e. The summed E-state index contributed by atoms with van der Waals surface area (Å²) in [5, 5.41) is 16.9. The summed E-state index contributed by atoms with van der Waals surface area (Å²) in [5.74, 6) is -3.90. The molecule has 0 bridgehead atoms. The van der Waals surface area contributed by atoms with Crippen LogP contribution in [0.25, 0.3) is 0 Å². The highest BCUT2D eigenvalue weighted by Gasteiger charge is 2.63. The summed E-state index contributed by atoms with van der Waals surface area (Å²) in [5.41, 5.74) is 0. The third kappa shape index (κ3) is 2.44. The van der Waals surface area contributed by atoms with E-state index >= 15 is 0 Å². The number of alkyl halides is 6. The van der Waals surface area contributed by atoms with E-state index in [1.807, 2.05) is 0 Å². The second kappa shape index (κ2) is 3.01. The average molecular weight is 250 g/mol. The molecule has 0 aliphatic carbocycles. The molecule has 0 aromatic rings. The second-order valence-corrected chi connectivity index (χ2v) is 4.14. The third-order valence-electron chi connectivity index (χ3n) is 0.791. The molecular weight excluding hydrogens is 248 g/mol. The average Bonchev–Trinajstić information content (AvgIpc) is 1.58. The molecule has 11 heavy (non-hydrogen) atoms. The van der Waals surface area contributed by atoms with Crippen molar-refractivity contribution in [2.45, 2.75) is 15.0 Å². The molecule has 0 amide bonds. The van der Waals surface area contributed by atoms with E-state index in [-0.39, 0.29) is 0 Å². The summed E-state index contributed by atoms with van der Waals surface area (Å²) in [4.78, 5) is 0. The molecule has 0 heterocycles. The van der Waals surface area contributed by atoms with Gasteiger partial charge < -0.3 is 10.2 Å².